The summed E-state index contributed by atoms with van der Waals surface area (Å²) < 4.78 is 5.42. The fourth-order valence-electron chi connectivity index (χ4n) is 4.54. The molecule has 2 aliphatic heterocycles. The third kappa shape index (κ3) is 5.52. The first-order valence-corrected chi connectivity index (χ1v) is 10.9. The number of aliphatic hydroxyl groups is 2. The molecule has 1 atom stereocenters. The average molecular weight is 412 g/mol. The van der Waals surface area contributed by atoms with Crippen LogP contribution in [0.15, 0.2) is 54.6 Å². The highest BCUT2D eigenvalue weighted by molar-refractivity contribution is 5.46. The Morgan fingerprint density at radius 1 is 0.867 bits per heavy atom. The van der Waals surface area contributed by atoms with Gasteiger partial charge in [-0.2, -0.15) is 0 Å². The molecule has 0 bridgehead atoms. The van der Waals surface area contributed by atoms with Gasteiger partial charge in [0, 0.05) is 58.0 Å². The smallest absolute Gasteiger partial charge is 0.119 e. The van der Waals surface area contributed by atoms with E-state index in [1.165, 1.54) is 11.3 Å². The van der Waals surface area contributed by atoms with Crippen LogP contribution in [0.25, 0.3) is 0 Å². The molecule has 6 heteroatoms. The standard InChI is InChI=1S/C24H33N3O3/c28-16-17-30-23-8-6-21(7-9-23)18-26-11-10-24(29,20-26)19-25-12-14-27(15-13-25)22-4-2-1-3-5-22/h1-9,28-29H,10-20H2/t24-/m0/s1. The van der Waals surface area contributed by atoms with Gasteiger partial charge in [-0.15, -0.1) is 0 Å². The van der Waals surface area contributed by atoms with Gasteiger partial charge >= 0.3 is 0 Å². The molecule has 0 radical (unpaired) electrons. The molecule has 0 spiro atoms. The van der Waals surface area contributed by atoms with Crippen molar-refractivity contribution >= 4 is 5.69 Å². The van der Waals surface area contributed by atoms with Crippen molar-refractivity contribution in [3.63, 3.8) is 0 Å². The van der Waals surface area contributed by atoms with Gasteiger partial charge in [0.15, 0.2) is 0 Å². The minimum Gasteiger partial charge on any atom is -0.491 e. The lowest BCUT2D eigenvalue weighted by Gasteiger charge is -2.39. The van der Waals surface area contributed by atoms with Gasteiger partial charge in [-0.05, 0) is 36.2 Å². The SMILES string of the molecule is OCCOc1ccc(CN2CC[C@](O)(CN3CCN(c4ccccc4)CC3)C2)cc1. The van der Waals surface area contributed by atoms with Crippen LogP contribution in [-0.2, 0) is 6.54 Å². The summed E-state index contributed by atoms with van der Waals surface area (Å²) in [6.07, 6.45) is 0.823. The van der Waals surface area contributed by atoms with E-state index in [0.29, 0.717) is 13.2 Å². The molecule has 6 nitrogen and oxygen atoms in total. The average Bonchev–Trinajstić information content (AvgIpc) is 3.14. The molecule has 2 aromatic rings. The Balaban J connectivity index is 1.23. The third-order valence-corrected chi connectivity index (χ3v) is 6.11. The van der Waals surface area contributed by atoms with E-state index in [0.717, 1.165) is 58.0 Å². The van der Waals surface area contributed by atoms with Crippen LogP contribution >= 0.6 is 0 Å². The van der Waals surface area contributed by atoms with E-state index in [9.17, 15) is 5.11 Å². The lowest BCUT2D eigenvalue weighted by molar-refractivity contribution is 0.00978. The number of nitrogens with zero attached hydrogens (tertiary/aromatic N) is 3. The molecule has 2 saturated heterocycles. The van der Waals surface area contributed by atoms with E-state index in [2.05, 4.69) is 57.2 Å². The molecule has 2 fully saturated rings. The van der Waals surface area contributed by atoms with Crippen LogP contribution in [0.1, 0.15) is 12.0 Å². The second-order valence-electron chi connectivity index (χ2n) is 8.50. The van der Waals surface area contributed by atoms with E-state index < -0.39 is 5.60 Å². The molecule has 0 unspecified atom stereocenters. The predicted octanol–water partition coefficient (Wildman–Crippen LogP) is 1.82. The van der Waals surface area contributed by atoms with Crippen LogP contribution in [0, 0.1) is 0 Å². The monoisotopic (exact) mass is 411 g/mol. The Hall–Kier alpha value is -2.12. The zero-order valence-electron chi connectivity index (χ0n) is 17.6. The highest BCUT2D eigenvalue weighted by atomic mass is 16.5. The lowest BCUT2D eigenvalue weighted by atomic mass is 10.0. The van der Waals surface area contributed by atoms with Crippen molar-refractivity contribution in [3.05, 3.63) is 60.2 Å². The number of hydrogen-bond donors (Lipinski definition) is 2. The van der Waals surface area contributed by atoms with Crippen molar-refractivity contribution < 1.29 is 14.9 Å². The second kappa shape index (κ2) is 9.79. The van der Waals surface area contributed by atoms with Crippen molar-refractivity contribution in [1.29, 1.82) is 0 Å². The Bertz CT molecular complexity index is 778. The number of aliphatic hydroxyl groups excluding tert-OH is 1. The number of piperazine rings is 1. The topological polar surface area (TPSA) is 59.4 Å². The number of rotatable bonds is 8. The van der Waals surface area contributed by atoms with Crippen LogP contribution in [0.5, 0.6) is 5.75 Å². The summed E-state index contributed by atoms with van der Waals surface area (Å²) in [4.78, 5) is 7.18. The zero-order chi connectivity index (χ0) is 20.8. The summed E-state index contributed by atoms with van der Waals surface area (Å²) in [6.45, 7) is 7.57. The number of benzene rings is 2. The molecular formula is C24H33N3O3. The summed E-state index contributed by atoms with van der Waals surface area (Å²) >= 11 is 0. The summed E-state index contributed by atoms with van der Waals surface area (Å²) in [5.41, 5.74) is 1.88. The molecule has 0 saturated carbocycles. The first-order valence-electron chi connectivity index (χ1n) is 10.9. The largest absolute Gasteiger partial charge is 0.491 e. The summed E-state index contributed by atoms with van der Waals surface area (Å²) in [5.74, 6) is 0.778. The predicted molar refractivity (Wildman–Crippen MR) is 119 cm³/mol. The van der Waals surface area contributed by atoms with Crippen molar-refractivity contribution in [1.82, 2.24) is 9.80 Å². The highest BCUT2D eigenvalue weighted by Crippen LogP contribution is 2.26. The fraction of sp³-hybridized carbons (Fsp3) is 0.500. The van der Waals surface area contributed by atoms with Crippen molar-refractivity contribution in [3.8, 4) is 5.75 Å². The lowest BCUT2D eigenvalue weighted by Crippen LogP contribution is -2.52. The zero-order valence-corrected chi connectivity index (χ0v) is 17.6. The fourth-order valence-corrected chi connectivity index (χ4v) is 4.54. The number of anilines is 1. The minimum atomic E-state index is -0.626. The van der Waals surface area contributed by atoms with Crippen molar-refractivity contribution in [2.24, 2.45) is 0 Å². The van der Waals surface area contributed by atoms with Crippen LogP contribution in [0.4, 0.5) is 5.69 Å². The van der Waals surface area contributed by atoms with Crippen molar-refractivity contribution in [2.75, 3.05) is 63.9 Å². The van der Waals surface area contributed by atoms with Crippen LogP contribution in [0.3, 0.4) is 0 Å². The molecule has 0 amide bonds. The first-order chi connectivity index (χ1) is 14.6. The molecule has 4 rings (SSSR count). The Labute approximate surface area is 179 Å². The molecule has 162 valence electrons. The molecule has 2 aliphatic rings. The van der Waals surface area contributed by atoms with Gasteiger partial charge in [-0.25, -0.2) is 0 Å². The van der Waals surface area contributed by atoms with Crippen LogP contribution in [-0.4, -0.2) is 84.6 Å². The molecule has 2 aromatic carbocycles. The molecule has 2 heterocycles. The Kier molecular flexibility index (Phi) is 6.89. The second-order valence-corrected chi connectivity index (χ2v) is 8.50. The van der Waals surface area contributed by atoms with Gasteiger partial charge < -0.3 is 19.8 Å². The Morgan fingerprint density at radius 3 is 2.30 bits per heavy atom. The van der Waals surface area contributed by atoms with Crippen LogP contribution in [0.2, 0.25) is 0 Å². The van der Waals surface area contributed by atoms with Gasteiger partial charge in [0.25, 0.3) is 0 Å². The maximum atomic E-state index is 11.2. The number of hydrogen-bond acceptors (Lipinski definition) is 6. The molecule has 2 N–H and O–H groups in total. The van der Waals surface area contributed by atoms with E-state index in [-0.39, 0.29) is 6.61 Å². The van der Waals surface area contributed by atoms with E-state index in [4.69, 9.17) is 9.84 Å². The number of ether oxygens (including phenoxy) is 1. The van der Waals surface area contributed by atoms with E-state index in [1.54, 1.807) is 0 Å². The van der Waals surface area contributed by atoms with Crippen molar-refractivity contribution in [2.45, 2.75) is 18.6 Å². The Morgan fingerprint density at radius 2 is 1.60 bits per heavy atom. The van der Waals surface area contributed by atoms with Gasteiger partial charge in [-0.3, -0.25) is 9.80 Å². The molecular weight excluding hydrogens is 378 g/mol. The van der Waals surface area contributed by atoms with Gasteiger partial charge in [0.2, 0.25) is 0 Å². The quantitative estimate of drug-likeness (QED) is 0.691. The summed E-state index contributed by atoms with van der Waals surface area (Å²) in [6, 6.07) is 18.6. The number of β-amino-alcohol motifs (C(OH)–C–C–N with tert-alkyl or cyclic N) is 1. The van der Waals surface area contributed by atoms with E-state index in [1.807, 2.05) is 12.1 Å². The first kappa shape index (κ1) is 21.1. The minimum absolute atomic E-state index is 0.0232. The number of likely N-dealkylation sites (tertiary alicyclic amines) is 1. The summed E-state index contributed by atoms with van der Waals surface area (Å²) in [5, 5.41) is 20.0. The van der Waals surface area contributed by atoms with Gasteiger partial charge in [-0.1, -0.05) is 30.3 Å². The highest BCUT2D eigenvalue weighted by Gasteiger charge is 2.38. The molecule has 0 aromatic heterocycles. The normalized spacial score (nSPS) is 23.1. The van der Waals surface area contributed by atoms with Gasteiger partial charge in [0.05, 0.1) is 12.2 Å². The molecule has 30 heavy (non-hydrogen) atoms. The third-order valence-electron chi connectivity index (χ3n) is 6.11. The number of para-hydroxylation sites is 1. The maximum absolute atomic E-state index is 11.2. The summed E-state index contributed by atoms with van der Waals surface area (Å²) in [7, 11) is 0. The maximum Gasteiger partial charge on any atom is 0.119 e. The van der Waals surface area contributed by atoms with Gasteiger partial charge in [0.1, 0.15) is 12.4 Å². The van der Waals surface area contributed by atoms with E-state index >= 15 is 0 Å². The van der Waals surface area contributed by atoms with Crippen LogP contribution < -0.4 is 9.64 Å². The molecule has 0 aliphatic carbocycles.